The number of carbonyl (C=O) groups is 1. The van der Waals surface area contributed by atoms with Crippen LogP contribution in [0.5, 0.6) is 5.75 Å². The van der Waals surface area contributed by atoms with Crippen molar-refractivity contribution in [2.45, 2.75) is 52.5 Å². The molecule has 3 aromatic rings. The van der Waals surface area contributed by atoms with Gasteiger partial charge in [0.05, 0.1) is 29.5 Å². The summed E-state index contributed by atoms with van der Waals surface area (Å²) in [6.07, 6.45) is 5.39. The lowest BCUT2D eigenvalue weighted by Crippen LogP contribution is -2.40. The van der Waals surface area contributed by atoms with E-state index in [1.165, 1.54) is 11.3 Å². The van der Waals surface area contributed by atoms with E-state index >= 15 is 0 Å². The quantitative estimate of drug-likeness (QED) is 0.320. The van der Waals surface area contributed by atoms with Crippen molar-refractivity contribution in [2.24, 2.45) is 10.9 Å². The number of methoxy groups -OCH3 is 1. The highest BCUT2D eigenvalue weighted by Gasteiger charge is 2.36. The number of anilines is 1. The first-order valence-corrected chi connectivity index (χ1v) is 15.4. The van der Waals surface area contributed by atoms with E-state index in [-0.39, 0.29) is 12.2 Å². The predicted octanol–water partition coefficient (Wildman–Crippen LogP) is 5.18. The monoisotopic (exact) mass is 627 g/mol. The molecule has 1 fully saturated rings. The topological polar surface area (TPSA) is 86.3 Å². The van der Waals surface area contributed by atoms with E-state index in [0.29, 0.717) is 44.1 Å². The van der Waals surface area contributed by atoms with Gasteiger partial charge in [0.15, 0.2) is 10.7 Å². The Morgan fingerprint density at radius 2 is 2.00 bits per heavy atom. The van der Waals surface area contributed by atoms with Gasteiger partial charge in [-0.1, -0.05) is 47.5 Å². The molecular weight excluding hydrogens is 594 g/mol. The van der Waals surface area contributed by atoms with Gasteiger partial charge in [-0.3, -0.25) is 9.36 Å². The van der Waals surface area contributed by atoms with E-state index < -0.39 is 12.0 Å². The summed E-state index contributed by atoms with van der Waals surface area (Å²) in [5.74, 6) is 2.23. The molecule has 2 aliphatic rings. The first-order valence-electron chi connectivity index (χ1n) is 13.7. The van der Waals surface area contributed by atoms with E-state index in [1.807, 2.05) is 37.3 Å². The maximum atomic E-state index is 14.0. The third kappa shape index (κ3) is 5.56. The van der Waals surface area contributed by atoms with Crippen LogP contribution in [0.4, 0.5) is 5.88 Å². The van der Waals surface area contributed by atoms with Crippen molar-refractivity contribution in [3.8, 4) is 5.75 Å². The van der Waals surface area contributed by atoms with Crippen molar-refractivity contribution >= 4 is 45.2 Å². The zero-order valence-corrected chi connectivity index (χ0v) is 25.6. The van der Waals surface area contributed by atoms with Crippen LogP contribution in [-0.2, 0) is 9.53 Å². The molecule has 5 rings (SSSR count). The molecule has 8 nitrogen and oxygen atoms in total. The second kappa shape index (κ2) is 12.2. The van der Waals surface area contributed by atoms with E-state index in [2.05, 4.69) is 27.8 Å². The van der Waals surface area contributed by atoms with E-state index in [1.54, 1.807) is 24.7 Å². The third-order valence-corrected chi connectivity index (χ3v) is 8.84. The van der Waals surface area contributed by atoms with Crippen LogP contribution >= 0.6 is 27.3 Å². The Bertz CT molecular complexity index is 1610. The van der Waals surface area contributed by atoms with Gasteiger partial charge in [-0.2, -0.15) is 0 Å². The Balaban J connectivity index is 1.66. The number of piperidine rings is 1. The average Bonchev–Trinajstić information content (AvgIpc) is 3.53. The van der Waals surface area contributed by atoms with Crippen LogP contribution in [0.3, 0.4) is 0 Å². The summed E-state index contributed by atoms with van der Waals surface area (Å²) in [4.78, 5) is 35.0. The van der Waals surface area contributed by atoms with Gasteiger partial charge in [-0.05, 0) is 56.4 Å². The number of carbonyl (C=O) groups excluding carboxylic acids is 1. The molecule has 4 heterocycles. The third-order valence-electron chi connectivity index (χ3n) is 7.36. The summed E-state index contributed by atoms with van der Waals surface area (Å²) in [5.41, 5.74) is 1.41. The van der Waals surface area contributed by atoms with Crippen LogP contribution in [0.15, 0.2) is 60.3 Å². The summed E-state index contributed by atoms with van der Waals surface area (Å²) in [6, 6.07) is 8.67. The van der Waals surface area contributed by atoms with Gasteiger partial charge >= 0.3 is 5.97 Å². The Labute approximate surface area is 245 Å². The second-order valence-corrected chi connectivity index (χ2v) is 12.1. The first-order chi connectivity index (χ1) is 19.3. The molecule has 0 amide bonds. The van der Waals surface area contributed by atoms with Crippen molar-refractivity contribution < 1.29 is 18.7 Å². The molecule has 0 N–H and O–H groups in total. The molecule has 2 aromatic heterocycles. The second-order valence-electron chi connectivity index (χ2n) is 10.1. The fraction of sp³-hybridized carbons (Fsp3) is 0.433. The molecule has 1 saturated heterocycles. The van der Waals surface area contributed by atoms with Gasteiger partial charge < -0.3 is 18.8 Å². The number of esters is 1. The normalized spacial score (nSPS) is 18.1. The van der Waals surface area contributed by atoms with Crippen LogP contribution < -0.4 is 24.5 Å². The van der Waals surface area contributed by atoms with Crippen LogP contribution in [0, 0.1) is 5.92 Å². The number of hydrogen-bond acceptors (Lipinski definition) is 8. The summed E-state index contributed by atoms with van der Waals surface area (Å²) in [7, 11) is 1.58. The van der Waals surface area contributed by atoms with Crippen molar-refractivity contribution in [1.82, 2.24) is 4.57 Å². The number of benzene rings is 1. The lowest BCUT2D eigenvalue weighted by Gasteiger charge is -2.29. The molecule has 0 spiro atoms. The van der Waals surface area contributed by atoms with E-state index in [4.69, 9.17) is 18.9 Å². The van der Waals surface area contributed by atoms with Crippen molar-refractivity contribution in [3.63, 3.8) is 0 Å². The van der Waals surface area contributed by atoms with Gasteiger partial charge in [0.1, 0.15) is 17.6 Å². The number of furan rings is 1. The Hall–Kier alpha value is -3.11. The molecule has 0 bridgehead atoms. The lowest BCUT2D eigenvalue weighted by molar-refractivity contribution is -0.139. The minimum atomic E-state index is -0.756. The summed E-state index contributed by atoms with van der Waals surface area (Å²) >= 11 is 4.84. The Morgan fingerprint density at radius 1 is 1.23 bits per heavy atom. The number of ether oxygens (including phenoxy) is 2. The van der Waals surface area contributed by atoms with Crippen LogP contribution in [0.1, 0.15) is 63.8 Å². The van der Waals surface area contributed by atoms with E-state index in [9.17, 15) is 9.59 Å². The van der Waals surface area contributed by atoms with Gasteiger partial charge in [0.2, 0.25) is 0 Å². The van der Waals surface area contributed by atoms with Gasteiger partial charge in [0, 0.05) is 35.3 Å². The molecule has 0 saturated carbocycles. The standard InChI is InChI=1S/C30H34BrN3O5S/c1-5-7-22-26(29(36)38-6-2)27(21-16-19(31)8-10-23(21)37-4)34-28(35)24(40-30(34)32-22)17-20-9-11-25(39-20)33-14-12-18(3)13-15-33/h8-11,16-18,27H,5-7,12-15H2,1-4H3/b24-17-/t27-/m0/s1. The van der Waals surface area contributed by atoms with Gasteiger partial charge in [0.25, 0.3) is 5.56 Å². The van der Waals surface area contributed by atoms with E-state index in [0.717, 1.165) is 48.6 Å². The SMILES string of the molecule is CCCC1=C(C(=O)OCC)[C@H](c2cc(Br)ccc2OC)n2c(s/c(=C\c3ccc(N4CCC(C)CC4)o3)c2=O)=N1. The predicted molar refractivity (Wildman–Crippen MR) is 160 cm³/mol. The number of hydrogen-bond donors (Lipinski definition) is 0. The summed E-state index contributed by atoms with van der Waals surface area (Å²) in [5, 5.41) is 0. The Kier molecular flexibility index (Phi) is 8.65. The molecule has 1 aromatic carbocycles. The highest BCUT2D eigenvalue weighted by molar-refractivity contribution is 9.10. The number of thiazole rings is 1. The maximum Gasteiger partial charge on any atom is 0.338 e. The first kappa shape index (κ1) is 28.4. The highest BCUT2D eigenvalue weighted by Crippen LogP contribution is 2.38. The van der Waals surface area contributed by atoms with Crippen molar-refractivity contribution in [1.29, 1.82) is 0 Å². The van der Waals surface area contributed by atoms with Crippen LogP contribution in [0.2, 0.25) is 0 Å². The molecular formula is C30H34BrN3O5S. The molecule has 0 aliphatic carbocycles. The molecule has 0 unspecified atom stereocenters. The number of halogens is 1. The fourth-order valence-electron chi connectivity index (χ4n) is 5.28. The minimum absolute atomic E-state index is 0.214. The molecule has 0 radical (unpaired) electrons. The number of allylic oxidation sites excluding steroid dienone is 1. The minimum Gasteiger partial charge on any atom is -0.496 e. The maximum absolute atomic E-state index is 14.0. The summed E-state index contributed by atoms with van der Waals surface area (Å²) in [6.45, 7) is 8.21. The molecule has 1 atom stereocenters. The zero-order chi connectivity index (χ0) is 28.4. The van der Waals surface area contributed by atoms with Crippen LogP contribution in [0.25, 0.3) is 6.08 Å². The number of aromatic nitrogens is 1. The number of rotatable bonds is 8. The van der Waals surface area contributed by atoms with Gasteiger partial charge in [-0.15, -0.1) is 0 Å². The number of fused-ring (bicyclic) bond motifs is 1. The van der Waals surface area contributed by atoms with Gasteiger partial charge in [-0.25, -0.2) is 9.79 Å². The molecule has 2 aliphatic heterocycles. The molecule has 10 heteroatoms. The fourth-order valence-corrected chi connectivity index (χ4v) is 6.66. The highest BCUT2D eigenvalue weighted by atomic mass is 79.9. The smallest absolute Gasteiger partial charge is 0.338 e. The average molecular weight is 629 g/mol. The molecule has 40 heavy (non-hydrogen) atoms. The molecule has 212 valence electrons. The summed E-state index contributed by atoms with van der Waals surface area (Å²) < 4.78 is 20.2. The van der Waals surface area contributed by atoms with Crippen molar-refractivity contribution in [2.75, 3.05) is 31.7 Å². The Morgan fingerprint density at radius 3 is 2.70 bits per heavy atom. The lowest BCUT2D eigenvalue weighted by atomic mass is 9.93. The number of nitrogens with zero attached hydrogens (tertiary/aromatic N) is 3. The van der Waals surface area contributed by atoms with Crippen molar-refractivity contribution in [3.05, 3.63) is 77.1 Å². The zero-order valence-electron chi connectivity index (χ0n) is 23.2. The van der Waals surface area contributed by atoms with Crippen LogP contribution in [-0.4, -0.2) is 37.3 Å². The largest absolute Gasteiger partial charge is 0.496 e.